The van der Waals surface area contributed by atoms with E-state index in [-0.39, 0.29) is 5.91 Å². The lowest BCUT2D eigenvalue weighted by molar-refractivity contribution is -0.118. The van der Waals surface area contributed by atoms with E-state index in [9.17, 15) is 4.79 Å². The highest BCUT2D eigenvalue weighted by Crippen LogP contribution is 2.37. The van der Waals surface area contributed by atoms with Crippen LogP contribution in [0.25, 0.3) is 0 Å². The number of carbonyl (C=O) groups excluding carboxylic acids is 1. The van der Waals surface area contributed by atoms with E-state index in [1.807, 2.05) is 59.1 Å². The molecule has 0 bridgehead atoms. The number of methoxy groups -OCH3 is 1. The summed E-state index contributed by atoms with van der Waals surface area (Å²) in [6, 6.07) is 15.9. The van der Waals surface area contributed by atoms with E-state index in [1.165, 1.54) is 4.90 Å². The Bertz CT molecular complexity index is 684. The van der Waals surface area contributed by atoms with Gasteiger partial charge in [-0.3, -0.25) is 4.79 Å². The number of thioether (sulfide) groups is 1. The van der Waals surface area contributed by atoms with Gasteiger partial charge in [0, 0.05) is 16.7 Å². The molecule has 0 radical (unpaired) electrons. The fraction of sp³-hybridized carbons (Fsp3) is 0.316. The maximum absolute atomic E-state index is 12.8. The van der Waals surface area contributed by atoms with Gasteiger partial charge in [-0.15, -0.1) is 11.8 Å². The molecule has 2 aromatic carbocycles. The van der Waals surface area contributed by atoms with E-state index in [1.54, 1.807) is 7.11 Å². The van der Waals surface area contributed by atoms with Crippen LogP contribution in [0.5, 0.6) is 5.75 Å². The minimum Gasteiger partial charge on any atom is -0.497 e. The van der Waals surface area contributed by atoms with Crippen molar-refractivity contribution in [1.29, 1.82) is 0 Å². The zero-order valence-electron chi connectivity index (χ0n) is 13.5. The fourth-order valence-electron chi connectivity index (χ4n) is 2.76. The summed E-state index contributed by atoms with van der Waals surface area (Å²) in [6.45, 7) is 3.00. The highest BCUT2D eigenvalue weighted by molar-refractivity contribution is 8.00. The predicted molar refractivity (Wildman–Crippen MR) is 95.4 cm³/mol. The number of fused-ring (bicyclic) bond motifs is 1. The summed E-state index contributed by atoms with van der Waals surface area (Å²) in [5.74, 6) is 0.962. The van der Waals surface area contributed by atoms with Gasteiger partial charge in [0.1, 0.15) is 5.75 Å². The van der Waals surface area contributed by atoms with Crippen molar-refractivity contribution < 1.29 is 9.53 Å². The molecule has 1 aliphatic heterocycles. The zero-order valence-corrected chi connectivity index (χ0v) is 14.3. The molecule has 1 aliphatic rings. The summed E-state index contributed by atoms with van der Waals surface area (Å²) in [4.78, 5) is 16.0. The van der Waals surface area contributed by atoms with Crippen molar-refractivity contribution in [2.24, 2.45) is 0 Å². The number of carbonyl (C=O) groups is 1. The average molecular weight is 327 g/mol. The number of benzene rings is 2. The SMILES string of the molecule is COc1ccc(CC(=O)N2CC[C@H](C)Sc3ccccc32)cc1. The van der Waals surface area contributed by atoms with Crippen LogP contribution < -0.4 is 9.64 Å². The molecule has 2 aromatic rings. The Balaban J connectivity index is 1.80. The van der Waals surface area contributed by atoms with E-state index in [0.717, 1.165) is 30.0 Å². The first-order valence-corrected chi connectivity index (χ1v) is 8.74. The predicted octanol–water partition coefficient (Wildman–Crippen LogP) is 4.16. The minimum absolute atomic E-state index is 0.150. The van der Waals surface area contributed by atoms with E-state index in [0.29, 0.717) is 11.7 Å². The van der Waals surface area contributed by atoms with Gasteiger partial charge < -0.3 is 9.64 Å². The summed E-state index contributed by atoms with van der Waals surface area (Å²) in [7, 11) is 1.65. The molecule has 0 unspecified atom stereocenters. The second-order valence-corrected chi connectivity index (χ2v) is 7.24. The first-order valence-electron chi connectivity index (χ1n) is 7.86. The molecule has 120 valence electrons. The first kappa shape index (κ1) is 15.9. The molecule has 0 aromatic heterocycles. The van der Waals surface area contributed by atoms with Crippen LogP contribution in [0.3, 0.4) is 0 Å². The lowest BCUT2D eigenvalue weighted by atomic mass is 10.1. The van der Waals surface area contributed by atoms with Crippen molar-refractivity contribution in [2.75, 3.05) is 18.6 Å². The van der Waals surface area contributed by atoms with E-state index in [2.05, 4.69) is 13.0 Å². The van der Waals surface area contributed by atoms with Gasteiger partial charge in [-0.25, -0.2) is 0 Å². The summed E-state index contributed by atoms with van der Waals surface area (Å²) in [5.41, 5.74) is 2.05. The average Bonchev–Trinajstić information content (AvgIpc) is 2.73. The molecule has 3 rings (SSSR count). The highest BCUT2D eigenvalue weighted by atomic mass is 32.2. The van der Waals surface area contributed by atoms with Gasteiger partial charge in [0.15, 0.2) is 0 Å². The van der Waals surface area contributed by atoms with Crippen LogP contribution in [0.4, 0.5) is 5.69 Å². The Morgan fingerprint density at radius 2 is 1.96 bits per heavy atom. The molecule has 1 heterocycles. The third-order valence-corrected chi connectivity index (χ3v) is 5.30. The molecule has 3 nitrogen and oxygen atoms in total. The second-order valence-electron chi connectivity index (χ2n) is 5.76. The van der Waals surface area contributed by atoms with Gasteiger partial charge >= 0.3 is 0 Å². The van der Waals surface area contributed by atoms with Gasteiger partial charge in [0.25, 0.3) is 0 Å². The maximum atomic E-state index is 12.8. The van der Waals surface area contributed by atoms with Gasteiger partial charge in [-0.2, -0.15) is 0 Å². The quantitative estimate of drug-likeness (QED) is 0.848. The van der Waals surface area contributed by atoms with Crippen molar-refractivity contribution in [3.8, 4) is 5.75 Å². The monoisotopic (exact) mass is 327 g/mol. The van der Waals surface area contributed by atoms with E-state index in [4.69, 9.17) is 4.74 Å². The van der Waals surface area contributed by atoms with Crippen LogP contribution in [0, 0.1) is 0 Å². The van der Waals surface area contributed by atoms with Crippen LogP contribution in [0.15, 0.2) is 53.4 Å². The Labute approximate surface area is 141 Å². The highest BCUT2D eigenvalue weighted by Gasteiger charge is 2.23. The minimum atomic E-state index is 0.150. The standard InChI is InChI=1S/C19H21NO2S/c1-14-11-12-20(17-5-3-4-6-18(17)23-14)19(21)13-15-7-9-16(22-2)10-8-15/h3-10,14H,11-13H2,1-2H3/t14-/m0/s1. The number of hydrogen-bond donors (Lipinski definition) is 0. The third-order valence-electron chi connectivity index (χ3n) is 4.06. The number of hydrogen-bond acceptors (Lipinski definition) is 3. The molecular weight excluding hydrogens is 306 g/mol. The number of amides is 1. The first-order chi connectivity index (χ1) is 11.2. The fourth-order valence-corrected chi connectivity index (χ4v) is 3.87. The lowest BCUT2D eigenvalue weighted by Gasteiger charge is -2.22. The molecule has 4 heteroatoms. The number of rotatable bonds is 3. The van der Waals surface area contributed by atoms with Crippen molar-refractivity contribution in [2.45, 2.75) is 29.9 Å². The molecule has 23 heavy (non-hydrogen) atoms. The third kappa shape index (κ3) is 3.70. The number of ether oxygens (including phenoxy) is 1. The molecule has 0 spiro atoms. The van der Waals surface area contributed by atoms with Crippen molar-refractivity contribution in [1.82, 2.24) is 0 Å². The van der Waals surface area contributed by atoms with Crippen LogP contribution in [0.2, 0.25) is 0 Å². The summed E-state index contributed by atoms with van der Waals surface area (Å²) in [6.07, 6.45) is 1.42. The van der Waals surface area contributed by atoms with Crippen molar-refractivity contribution >= 4 is 23.4 Å². The van der Waals surface area contributed by atoms with Crippen molar-refractivity contribution in [3.63, 3.8) is 0 Å². The second kappa shape index (κ2) is 7.09. The number of anilines is 1. The molecule has 0 saturated heterocycles. The molecule has 0 N–H and O–H groups in total. The van der Waals surface area contributed by atoms with Crippen molar-refractivity contribution in [3.05, 3.63) is 54.1 Å². The largest absolute Gasteiger partial charge is 0.497 e. The summed E-state index contributed by atoms with van der Waals surface area (Å²) < 4.78 is 5.17. The molecular formula is C19H21NO2S. The smallest absolute Gasteiger partial charge is 0.231 e. The van der Waals surface area contributed by atoms with E-state index >= 15 is 0 Å². The number of nitrogens with zero attached hydrogens (tertiary/aromatic N) is 1. The topological polar surface area (TPSA) is 29.5 Å². The Kier molecular flexibility index (Phi) is 4.91. The molecule has 0 saturated carbocycles. The van der Waals surface area contributed by atoms with Gasteiger partial charge in [0.05, 0.1) is 19.2 Å². The normalized spacial score (nSPS) is 17.3. The van der Waals surface area contributed by atoms with Crippen LogP contribution in [-0.4, -0.2) is 24.8 Å². The Hall–Kier alpha value is -1.94. The number of para-hydroxylation sites is 1. The van der Waals surface area contributed by atoms with E-state index < -0.39 is 0 Å². The van der Waals surface area contributed by atoms with Crippen LogP contribution >= 0.6 is 11.8 Å². The Morgan fingerprint density at radius 1 is 1.22 bits per heavy atom. The molecule has 0 aliphatic carbocycles. The molecule has 1 amide bonds. The van der Waals surface area contributed by atoms with Crippen LogP contribution in [-0.2, 0) is 11.2 Å². The molecule has 1 atom stereocenters. The summed E-state index contributed by atoms with van der Waals surface area (Å²) in [5, 5.41) is 0.523. The van der Waals surface area contributed by atoms with Gasteiger partial charge in [-0.1, -0.05) is 31.2 Å². The van der Waals surface area contributed by atoms with Crippen LogP contribution in [0.1, 0.15) is 18.9 Å². The molecule has 0 fully saturated rings. The zero-order chi connectivity index (χ0) is 16.2. The van der Waals surface area contributed by atoms with Gasteiger partial charge in [-0.05, 0) is 36.2 Å². The van der Waals surface area contributed by atoms with Gasteiger partial charge in [0.2, 0.25) is 5.91 Å². The lowest BCUT2D eigenvalue weighted by Crippen LogP contribution is -2.33. The maximum Gasteiger partial charge on any atom is 0.231 e. The Morgan fingerprint density at radius 3 is 2.70 bits per heavy atom. The summed E-state index contributed by atoms with van der Waals surface area (Å²) >= 11 is 1.85.